The Labute approximate surface area is 90.1 Å². The van der Waals surface area contributed by atoms with E-state index in [1.54, 1.807) is 0 Å². The van der Waals surface area contributed by atoms with Crippen molar-refractivity contribution in [2.45, 2.75) is 6.42 Å². The summed E-state index contributed by atoms with van der Waals surface area (Å²) in [5.41, 5.74) is 1.85. The maximum atomic E-state index is 11.5. The second-order valence-corrected chi connectivity index (χ2v) is 4.00. The molecule has 0 aliphatic carbocycles. The summed E-state index contributed by atoms with van der Waals surface area (Å²) in [6.07, 6.45) is 0.399. The lowest BCUT2D eigenvalue weighted by Crippen LogP contribution is -2.26. The lowest BCUT2D eigenvalue weighted by Gasteiger charge is -2.12. The highest BCUT2D eigenvalue weighted by molar-refractivity contribution is 9.10. The smallest absolute Gasteiger partial charge is 0.232 e. The van der Waals surface area contributed by atoms with Crippen molar-refractivity contribution in [2.24, 2.45) is 0 Å². The molecule has 1 heterocycles. The van der Waals surface area contributed by atoms with E-state index in [2.05, 4.69) is 15.9 Å². The first-order chi connectivity index (χ1) is 6.72. The third kappa shape index (κ3) is 1.40. The second-order valence-electron chi connectivity index (χ2n) is 3.09. The molecule has 14 heavy (non-hydrogen) atoms. The van der Waals surface area contributed by atoms with E-state index < -0.39 is 0 Å². The van der Waals surface area contributed by atoms with Crippen LogP contribution in [-0.2, 0) is 11.2 Å². The normalized spacial score (nSPS) is 14.0. The summed E-state index contributed by atoms with van der Waals surface area (Å²) in [5, 5.41) is 8.57. The Morgan fingerprint density at radius 2 is 2.36 bits per heavy atom. The van der Waals surface area contributed by atoms with Gasteiger partial charge in [0.2, 0.25) is 5.91 Å². The molecule has 1 aromatic carbocycles. The number of rotatable bonds is 1. The topological polar surface area (TPSA) is 44.1 Å². The largest absolute Gasteiger partial charge is 0.298 e. The van der Waals surface area contributed by atoms with Crippen LogP contribution in [0, 0.1) is 11.3 Å². The van der Waals surface area contributed by atoms with Gasteiger partial charge in [-0.15, -0.1) is 0 Å². The van der Waals surface area contributed by atoms with Gasteiger partial charge in [0.05, 0.1) is 12.5 Å². The third-order valence-electron chi connectivity index (χ3n) is 2.20. The highest BCUT2D eigenvalue weighted by atomic mass is 79.9. The minimum absolute atomic E-state index is 0.000324. The molecule has 2 rings (SSSR count). The molecule has 0 aromatic heterocycles. The monoisotopic (exact) mass is 250 g/mol. The van der Waals surface area contributed by atoms with Crippen molar-refractivity contribution in [3.63, 3.8) is 0 Å². The van der Waals surface area contributed by atoms with E-state index in [4.69, 9.17) is 5.26 Å². The molecule has 1 aromatic rings. The molecule has 0 radical (unpaired) electrons. The summed E-state index contributed by atoms with van der Waals surface area (Å²) < 4.78 is 0.961. The van der Waals surface area contributed by atoms with Crippen molar-refractivity contribution in [2.75, 3.05) is 11.4 Å². The zero-order chi connectivity index (χ0) is 10.1. The molecule has 70 valence electrons. The quantitative estimate of drug-likeness (QED) is 0.715. The molecular weight excluding hydrogens is 244 g/mol. The van der Waals surface area contributed by atoms with Gasteiger partial charge < -0.3 is 0 Å². The molecule has 1 aliphatic rings. The van der Waals surface area contributed by atoms with E-state index >= 15 is 0 Å². The van der Waals surface area contributed by atoms with Gasteiger partial charge in [0.1, 0.15) is 6.54 Å². The van der Waals surface area contributed by atoms with Gasteiger partial charge in [0.25, 0.3) is 0 Å². The molecule has 0 atom stereocenters. The van der Waals surface area contributed by atoms with Crippen LogP contribution in [0.3, 0.4) is 0 Å². The minimum Gasteiger partial charge on any atom is -0.298 e. The van der Waals surface area contributed by atoms with Crippen LogP contribution in [0.5, 0.6) is 0 Å². The van der Waals surface area contributed by atoms with Crippen LogP contribution in [0.15, 0.2) is 22.7 Å². The fraction of sp³-hybridized carbons (Fsp3) is 0.200. The summed E-state index contributed by atoms with van der Waals surface area (Å²) in [7, 11) is 0. The number of hydrogen-bond donors (Lipinski definition) is 0. The number of carbonyl (C=O) groups is 1. The Morgan fingerprint density at radius 1 is 1.57 bits per heavy atom. The second kappa shape index (κ2) is 3.43. The maximum Gasteiger partial charge on any atom is 0.232 e. The van der Waals surface area contributed by atoms with Gasteiger partial charge in [0, 0.05) is 10.2 Å². The van der Waals surface area contributed by atoms with E-state index in [1.165, 1.54) is 4.90 Å². The zero-order valence-corrected chi connectivity index (χ0v) is 8.91. The van der Waals surface area contributed by atoms with E-state index in [0.717, 1.165) is 15.7 Å². The number of hydrogen-bond acceptors (Lipinski definition) is 2. The van der Waals surface area contributed by atoms with Crippen LogP contribution in [0.1, 0.15) is 5.56 Å². The molecule has 0 fully saturated rings. The van der Waals surface area contributed by atoms with Gasteiger partial charge in [-0.1, -0.05) is 15.9 Å². The summed E-state index contributed by atoms with van der Waals surface area (Å²) >= 11 is 3.35. The van der Waals surface area contributed by atoms with Gasteiger partial charge in [0.15, 0.2) is 0 Å². The molecular formula is C10H7BrN2O. The molecule has 0 saturated heterocycles. The summed E-state index contributed by atoms with van der Waals surface area (Å²) in [6.45, 7) is 0.132. The van der Waals surface area contributed by atoms with E-state index in [1.807, 2.05) is 24.3 Å². The van der Waals surface area contributed by atoms with Gasteiger partial charge in [-0.3, -0.25) is 9.69 Å². The summed E-state index contributed by atoms with van der Waals surface area (Å²) in [5.74, 6) is -0.000324. The number of nitrogens with zero attached hydrogens (tertiary/aromatic N) is 2. The van der Waals surface area contributed by atoms with Crippen molar-refractivity contribution >= 4 is 27.5 Å². The fourth-order valence-corrected chi connectivity index (χ4v) is 2.00. The molecule has 3 nitrogen and oxygen atoms in total. The maximum absolute atomic E-state index is 11.5. The van der Waals surface area contributed by atoms with Crippen LogP contribution in [-0.4, -0.2) is 12.5 Å². The number of amides is 1. The molecule has 0 bridgehead atoms. The number of halogens is 1. The average molecular weight is 251 g/mol. The third-order valence-corrected chi connectivity index (χ3v) is 2.70. The molecule has 1 amide bonds. The fourth-order valence-electron chi connectivity index (χ4n) is 1.60. The molecule has 0 unspecified atom stereocenters. The number of fused-ring (bicyclic) bond motifs is 1. The molecule has 1 aliphatic heterocycles. The van der Waals surface area contributed by atoms with Gasteiger partial charge in [-0.05, 0) is 23.8 Å². The zero-order valence-electron chi connectivity index (χ0n) is 7.33. The molecule has 0 N–H and O–H groups in total. The summed E-state index contributed by atoms with van der Waals surface area (Å²) in [6, 6.07) is 7.65. The summed E-state index contributed by atoms with van der Waals surface area (Å²) in [4.78, 5) is 13.0. The van der Waals surface area contributed by atoms with Crippen LogP contribution >= 0.6 is 15.9 Å². The minimum atomic E-state index is -0.000324. The van der Waals surface area contributed by atoms with Crippen LogP contribution in [0.2, 0.25) is 0 Å². The van der Waals surface area contributed by atoms with Crippen molar-refractivity contribution in [3.05, 3.63) is 28.2 Å². The van der Waals surface area contributed by atoms with Crippen molar-refractivity contribution in [1.82, 2.24) is 0 Å². The van der Waals surface area contributed by atoms with Crippen molar-refractivity contribution in [1.29, 1.82) is 5.26 Å². The first-order valence-corrected chi connectivity index (χ1v) is 4.97. The van der Waals surface area contributed by atoms with Crippen LogP contribution in [0.25, 0.3) is 0 Å². The number of nitriles is 1. The predicted molar refractivity (Wildman–Crippen MR) is 55.8 cm³/mol. The SMILES string of the molecule is N#CCN1C(=O)Cc2cc(Br)ccc21. The Morgan fingerprint density at radius 3 is 3.07 bits per heavy atom. The van der Waals surface area contributed by atoms with Gasteiger partial charge >= 0.3 is 0 Å². The number of anilines is 1. The molecule has 4 heteroatoms. The number of benzene rings is 1. The lowest BCUT2D eigenvalue weighted by atomic mass is 10.2. The Kier molecular flexibility index (Phi) is 2.26. The number of carbonyl (C=O) groups excluding carboxylic acids is 1. The van der Waals surface area contributed by atoms with Crippen molar-refractivity contribution < 1.29 is 4.79 Å². The van der Waals surface area contributed by atoms with E-state index in [0.29, 0.717) is 6.42 Å². The van der Waals surface area contributed by atoms with Crippen molar-refractivity contribution in [3.8, 4) is 6.07 Å². The first kappa shape index (κ1) is 9.22. The highest BCUT2D eigenvalue weighted by Crippen LogP contribution is 2.30. The van der Waals surface area contributed by atoms with Gasteiger partial charge in [-0.2, -0.15) is 5.26 Å². The standard InChI is InChI=1S/C10H7BrN2O/c11-8-1-2-9-7(5-8)6-10(14)13(9)4-3-12/h1-2,5H,4,6H2. The lowest BCUT2D eigenvalue weighted by molar-refractivity contribution is -0.117. The van der Waals surface area contributed by atoms with Gasteiger partial charge in [-0.25, -0.2) is 0 Å². The molecule has 0 saturated carbocycles. The Balaban J connectivity index is 2.43. The van der Waals surface area contributed by atoms with E-state index in [9.17, 15) is 4.79 Å². The average Bonchev–Trinajstić information content (AvgIpc) is 2.43. The first-order valence-electron chi connectivity index (χ1n) is 4.18. The Hall–Kier alpha value is -1.34. The predicted octanol–water partition coefficient (Wildman–Crippen LogP) is 1.86. The highest BCUT2D eigenvalue weighted by Gasteiger charge is 2.26. The van der Waals surface area contributed by atoms with Crippen LogP contribution < -0.4 is 4.90 Å². The van der Waals surface area contributed by atoms with E-state index in [-0.39, 0.29) is 12.5 Å². The Bertz CT molecular complexity index is 436. The van der Waals surface area contributed by atoms with Crippen LogP contribution in [0.4, 0.5) is 5.69 Å². The molecule has 0 spiro atoms.